The summed E-state index contributed by atoms with van der Waals surface area (Å²) in [5, 5.41) is 3.98. The van der Waals surface area contributed by atoms with E-state index in [9.17, 15) is 13.2 Å². The number of nitrogens with zero attached hydrogens (tertiary/aromatic N) is 4. The Bertz CT molecular complexity index is 2110. The lowest BCUT2D eigenvalue weighted by Gasteiger charge is -2.31. The van der Waals surface area contributed by atoms with Gasteiger partial charge in [0.25, 0.3) is 10.0 Å². The van der Waals surface area contributed by atoms with Crippen molar-refractivity contribution < 1.29 is 22.7 Å². The zero-order chi connectivity index (χ0) is 33.6. The number of ether oxygens (including phenoxy) is 2. The second-order valence-corrected chi connectivity index (χ2v) is 15.4. The van der Waals surface area contributed by atoms with Crippen molar-refractivity contribution in [2.45, 2.75) is 64.0 Å². The van der Waals surface area contributed by atoms with E-state index in [0.717, 1.165) is 34.6 Å². The van der Waals surface area contributed by atoms with Gasteiger partial charge in [-0.3, -0.25) is 0 Å². The van der Waals surface area contributed by atoms with Gasteiger partial charge in [0.2, 0.25) is 0 Å². The van der Waals surface area contributed by atoms with Crippen molar-refractivity contribution in [2.24, 2.45) is 5.92 Å². The van der Waals surface area contributed by atoms with Gasteiger partial charge in [-0.1, -0.05) is 23.8 Å². The molecule has 4 heterocycles. The summed E-state index contributed by atoms with van der Waals surface area (Å²) in [5.41, 5.74) is 4.16. The number of benzene rings is 2. The van der Waals surface area contributed by atoms with Gasteiger partial charge in [0, 0.05) is 43.8 Å². The fraction of sp³-hybridized carbons (Fsp3) is 0.324. The lowest BCUT2D eigenvalue weighted by molar-refractivity contribution is 0.0223. The van der Waals surface area contributed by atoms with E-state index in [4.69, 9.17) is 9.47 Å². The molecule has 10 nitrogen and oxygen atoms in total. The third-order valence-electron chi connectivity index (χ3n) is 8.60. The summed E-state index contributed by atoms with van der Waals surface area (Å²) < 4.78 is 41.5. The largest absolute Gasteiger partial charge is 0.457 e. The number of hydrogen-bond acceptors (Lipinski definition) is 8. The summed E-state index contributed by atoms with van der Waals surface area (Å²) in [7, 11) is -4.00. The predicted octanol–water partition coefficient (Wildman–Crippen LogP) is 7.55. The van der Waals surface area contributed by atoms with Gasteiger partial charge in [0.15, 0.2) is 5.65 Å². The molecule has 0 unspecified atom stereocenters. The number of rotatable bonds is 8. The molecule has 0 spiro atoms. The van der Waals surface area contributed by atoms with Crippen LogP contribution in [0.3, 0.4) is 0 Å². The molecule has 0 radical (unpaired) electrons. The smallest absolute Gasteiger partial charge is 0.410 e. The van der Waals surface area contributed by atoms with Gasteiger partial charge in [-0.15, -0.1) is 0 Å². The van der Waals surface area contributed by atoms with Gasteiger partial charge < -0.3 is 19.7 Å². The van der Waals surface area contributed by atoms with Crippen LogP contribution < -0.4 is 10.1 Å². The van der Waals surface area contributed by atoms with Gasteiger partial charge in [-0.2, -0.15) is 0 Å². The maximum absolute atomic E-state index is 14.1. The molecule has 7 rings (SSSR count). The number of carbonyl (C=O) groups is 1. The SMILES string of the molecule is Cc1ccc(S(=O)(=O)n2cc(-c3ccnc(NCC4CC4)c3)c3c(Oc4ccc5c(c4)CN(C(=O)OC(C)(C)C)CC5)ccnc32)cc1. The monoisotopic (exact) mass is 665 g/mol. The summed E-state index contributed by atoms with van der Waals surface area (Å²) in [4.78, 5) is 23.8. The summed E-state index contributed by atoms with van der Waals surface area (Å²) in [6.07, 6.45) is 7.68. The highest BCUT2D eigenvalue weighted by atomic mass is 32.2. The van der Waals surface area contributed by atoms with E-state index in [1.807, 2.05) is 58.0 Å². The van der Waals surface area contributed by atoms with Gasteiger partial charge in [0.05, 0.1) is 10.3 Å². The van der Waals surface area contributed by atoms with Crippen molar-refractivity contribution in [2.75, 3.05) is 18.4 Å². The molecule has 3 aromatic heterocycles. The summed E-state index contributed by atoms with van der Waals surface area (Å²) in [6, 6.07) is 18.2. The van der Waals surface area contributed by atoms with E-state index < -0.39 is 15.6 Å². The minimum absolute atomic E-state index is 0.162. The first-order valence-corrected chi connectivity index (χ1v) is 17.7. The van der Waals surface area contributed by atoms with Crippen LogP contribution in [-0.2, 0) is 27.7 Å². The van der Waals surface area contributed by atoms with Crippen LogP contribution in [0.1, 0.15) is 50.3 Å². The molecule has 248 valence electrons. The Hall–Kier alpha value is -4.90. The van der Waals surface area contributed by atoms with Crippen LogP contribution in [0.2, 0.25) is 0 Å². The predicted molar refractivity (Wildman–Crippen MR) is 185 cm³/mol. The van der Waals surface area contributed by atoms with Crippen molar-refractivity contribution in [1.82, 2.24) is 18.8 Å². The number of fused-ring (bicyclic) bond motifs is 2. The Balaban J connectivity index is 1.29. The molecule has 5 aromatic rings. The molecule has 48 heavy (non-hydrogen) atoms. The quantitative estimate of drug-likeness (QED) is 0.181. The maximum atomic E-state index is 14.1. The molecule has 0 bridgehead atoms. The molecule has 1 aliphatic carbocycles. The average molecular weight is 666 g/mol. The number of anilines is 1. The first-order chi connectivity index (χ1) is 22.9. The molecular weight excluding hydrogens is 627 g/mol. The third kappa shape index (κ3) is 6.60. The Morgan fingerprint density at radius 3 is 2.50 bits per heavy atom. The minimum Gasteiger partial charge on any atom is -0.457 e. The van der Waals surface area contributed by atoms with Crippen molar-refractivity contribution in [1.29, 1.82) is 0 Å². The molecule has 1 fully saturated rings. The highest BCUT2D eigenvalue weighted by Crippen LogP contribution is 2.40. The average Bonchev–Trinajstić information content (AvgIpc) is 3.80. The fourth-order valence-electron chi connectivity index (χ4n) is 5.88. The Labute approximate surface area is 280 Å². The van der Waals surface area contributed by atoms with Gasteiger partial charge in [-0.05, 0) is 112 Å². The van der Waals surface area contributed by atoms with E-state index >= 15 is 0 Å². The first-order valence-electron chi connectivity index (χ1n) is 16.2. The Kier molecular flexibility index (Phi) is 8.11. The topological polar surface area (TPSA) is 116 Å². The van der Waals surface area contributed by atoms with Gasteiger partial charge in [0.1, 0.15) is 22.9 Å². The molecule has 0 atom stereocenters. The lowest BCUT2D eigenvalue weighted by atomic mass is 10.00. The molecule has 1 saturated carbocycles. The number of aromatic nitrogens is 3. The highest BCUT2D eigenvalue weighted by molar-refractivity contribution is 7.90. The van der Waals surface area contributed by atoms with Gasteiger partial charge in [-0.25, -0.2) is 27.2 Å². The van der Waals surface area contributed by atoms with Crippen molar-refractivity contribution in [3.05, 3.63) is 95.9 Å². The first kappa shape index (κ1) is 31.7. The minimum atomic E-state index is -4.00. The summed E-state index contributed by atoms with van der Waals surface area (Å²) in [6.45, 7) is 9.30. The standard InChI is InChI=1S/C37H39N5O5S/c1-24-5-11-30(12-6-24)48(44,45)42-23-31(27-13-16-38-33(20-27)40-21-25-7-8-25)34-32(14-17-39-35(34)42)46-29-10-9-26-15-18-41(22-28(26)19-29)36(43)47-37(2,3)4/h5-6,9-14,16-17,19-20,23,25H,7-8,15,18,21-22H2,1-4H3,(H,38,40). The molecular formula is C37H39N5O5S. The van der Waals surface area contributed by atoms with E-state index in [2.05, 4.69) is 15.3 Å². The van der Waals surface area contributed by atoms with Crippen LogP contribution in [0.15, 0.2) is 84.1 Å². The normalized spacial score (nSPS) is 14.9. The number of pyridine rings is 2. The van der Waals surface area contributed by atoms with E-state index in [0.29, 0.717) is 47.9 Å². The van der Waals surface area contributed by atoms with Gasteiger partial charge >= 0.3 is 6.09 Å². The van der Waals surface area contributed by atoms with Crippen LogP contribution in [-0.4, -0.2) is 52.0 Å². The van der Waals surface area contributed by atoms with Crippen molar-refractivity contribution in [3.8, 4) is 22.6 Å². The molecule has 1 N–H and O–H groups in total. The van der Waals surface area contributed by atoms with Crippen LogP contribution >= 0.6 is 0 Å². The summed E-state index contributed by atoms with van der Waals surface area (Å²) >= 11 is 0. The molecule has 0 saturated heterocycles. The summed E-state index contributed by atoms with van der Waals surface area (Å²) in [5.74, 6) is 2.40. The van der Waals surface area contributed by atoms with E-state index in [-0.39, 0.29) is 16.6 Å². The van der Waals surface area contributed by atoms with Crippen molar-refractivity contribution >= 4 is 33.0 Å². The highest BCUT2D eigenvalue weighted by Gasteiger charge is 2.28. The zero-order valence-corrected chi connectivity index (χ0v) is 28.4. The molecule has 11 heteroatoms. The van der Waals surface area contributed by atoms with Crippen molar-refractivity contribution in [3.63, 3.8) is 0 Å². The third-order valence-corrected chi connectivity index (χ3v) is 10.3. The van der Waals surface area contributed by atoms with Crippen LogP contribution in [0.5, 0.6) is 11.5 Å². The second kappa shape index (κ2) is 12.3. The number of amides is 1. The van der Waals surface area contributed by atoms with E-state index in [1.165, 1.54) is 16.8 Å². The number of hydrogen-bond donors (Lipinski definition) is 1. The van der Waals surface area contributed by atoms with Crippen LogP contribution in [0.25, 0.3) is 22.2 Å². The Morgan fingerprint density at radius 2 is 1.75 bits per heavy atom. The fourth-order valence-corrected chi connectivity index (χ4v) is 7.20. The van der Waals surface area contributed by atoms with Crippen LogP contribution in [0.4, 0.5) is 10.6 Å². The van der Waals surface area contributed by atoms with Crippen LogP contribution in [0, 0.1) is 12.8 Å². The lowest BCUT2D eigenvalue weighted by Crippen LogP contribution is -2.39. The molecule has 2 aromatic carbocycles. The second-order valence-electron chi connectivity index (χ2n) is 13.6. The number of nitrogens with one attached hydrogen (secondary N) is 1. The zero-order valence-electron chi connectivity index (χ0n) is 27.6. The maximum Gasteiger partial charge on any atom is 0.410 e. The molecule has 1 aliphatic heterocycles. The van der Waals surface area contributed by atoms with E-state index in [1.54, 1.807) is 53.8 Å². The Morgan fingerprint density at radius 1 is 0.979 bits per heavy atom. The molecule has 1 amide bonds. The molecule has 2 aliphatic rings. The number of carbonyl (C=O) groups excluding carboxylic acids is 1. The number of aryl methyl sites for hydroxylation is 1.